The molecule has 3 aromatic rings. The number of ether oxygens (including phenoxy) is 1. The van der Waals surface area contributed by atoms with Crippen LogP contribution in [-0.4, -0.2) is 12.1 Å². The lowest BCUT2D eigenvalue weighted by Gasteiger charge is -2.07. The number of hydrogen-bond donors (Lipinski definition) is 1. The summed E-state index contributed by atoms with van der Waals surface area (Å²) in [4.78, 5) is 12.1. The topological polar surface area (TPSA) is 50.7 Å². The molecule has 3 rings (SSSR count). The first-order valence-corrected chi connectivity index (χ1v) is 9.40. The Bertz CT molecular complexity index is 1000. The minimum absolute atomic E-state index is 0.262. The van der Waals surface area contributed by atoms with Crippen LogP contribution in [0.2, 0.25) is 15.1 Å². The predicted molar refractivity (Wildman–Crippen MR) is 114 cm³/mol. The molecule has 0 fully saturated rings. The molecule has 0 aliphatic rings. The Morgan fingerprint density at radius 2 is 1.71 bits per heavy atom. The summed E-state index contributed by atoms with van der Waals surface area (Å²) in [5.41, 5.74) is 4.52. The minimum Gasteiger partial charge on any atom is -0.489 e. The van der Waals surface area contributed by atoms with Crippen molar-refractivity contribution in [2.45, 2.75) is 6.61 Å². The average Bonchev–Trinajstić information content (AvgIpc) is 2.68. The van der Waals surface area contributed by atoms with E-state index in [0.717, 1.165) is 11.1 Å². The maximum atomic E-state index is 12.1. The van der Waals surface area contributed by atoms with E-state index in [1.807, 2.05) is 48.5 Å². The number of hydrazone groups is 1. The van der Waals surface area contributed by atoms with E-state index >= 15 is 0 Å². The highest BCUT2D eigenvalue weighted by atomic mass is 35.5. The van der Waals surface area contributed by atoms with Crippen LogP contribution >= 0.6 is 34.8 Å². The van der Waals surface area contributed by atoms with E-state index in [9.17, 15) is 4.79 Å². The minimum atomic E-state index is -0.423. The van der Waals surface area contributed by atoms with Crippen molar-refractivity contribution in [3.05, 3.63) is 98.5 Å². The number of nitrogens with one attached hydrogen (secondary N) is 1. The average molecular weight is 434 g/mol. The number of halogens is 3. The van der Waals surface area contributed by atoms with E-state index in [0.29, 0.717) is 28.0 Å². The van der Waals surface area contributed by atoms with E-state index in [1.165, 1.54) is 12.3 Å². The van der Waals surface area contributed by atoms with E-state index in [2.05, 4.69) is 10.5 Å². The van der Waals surface area contributed by atoms with Crippen molar-refractivity contribution in [3.63, 3.8) is 0 Å². The fourth-order valence-corrected chi connectivity index (χ4v) is 2.95. The van der Waals surface area contributed by atoms with Crippen molar-refractivity contribution >= 4 is 46.9 Å². The highest BCUT2D eigenvalue weighted by Crippen LogP contribution is 2.21. The number of amides is 1. The molecule has 1 amide bonds. The normalized spacial score (nSPS) is 10.8. The zero-order chi connectivity index (χ0) is 19.9. The zero-order valence-corrected chi connectivity index (χ0v) is 16.8. The van der Waals surface area contributed by atoms with Crippen molar-refractivity contribution < 1.29 is 9.53 Å². The van der Waals surface area contributed by atoms with E-state index in [-0.39, 0.29) is 5.02 Å². The summed E-state index contributed by atoms with van der Waals surface area (Å²) >= 11 is 17.7. The zero-order valence-electron chi connectivity index (χ0n) is 14.5. The number of nitrogens with zero attached hydrogens (tertiary/aromatic N) is 1. The molecule has 0 heterocycles. The van der Waals surface area contributed by atoms with Crippen LogP contribution in [-0.2, 0) is 6.61 Å². The van der Waals surface area contributed by atoms with Crippen LogP contribution in [0.25, 0.3) is 0 Å². The van der Waals surface area contributed by atoms with Crippen molar-refractivity contribution in [1.82, 2.24) is 5.43 Å². The first-order valence-electron chi connectivity index (χ1n) is 8.27. The Kier molecular flexibility index (Phi) is 6.93. The molecule has 0 aliphatic carbocycles. The molecule has 0 spiro atoms. The Morgan fingerprint density at radius 1 is 0.964 bits per heavy atom. The van der Waals surface area contributed by atoms with Gasteiger partial charge >= 0.3 is 0 Å². The van der Waals surface area contributed by atoms with E-state index < -0.39 is 5.91 Å². The predicted octanol–water partition coefficient (Wildman–Crippen LogP) is 5.99. The summed E-state index contributed by atoms with van der Waals surface area (Å²) < 4.78 is 5.77. The molecule has 0 atom stereocenters. The Morgan fingerprint density at radius 3 is 2.46 bits per heavy atom. The van der Waals surface area contributed by atoms with Crippen molar-refractivity contribution in [2.75, 3.05) is 0 Å². The van der Waals surface area contributed by atoms with E-state index in [4.69, 9.17) is 39.5 Å². The maximum absolute atomic E-state index is 12.1. The molecule has 0 saturated heterocycles. The molecular formula is C21H15Cl3N2O2. The number of carbonyl (C=O) groups is 1. The maximum Gasteiger partial charge on any atom is 0.272 e. The van der Waals surface area contributed by atoms with Gasteiger partial charge < -0.3 is 4.74 Å². The third kappa shape index (κ3) is 5.73. The second kappa shape index (κ2) is 9.60. The van der Waals surface area contributed by atoms with Gasteiger partial charge in [0.2, 0.25) is 0 Å². The Hall–Kier alpha value is -2.53. The fraction of sp³-hybridized carbons (Fsp3) is 0.0476. The number of hydrogen-bond acceptors (Lipinski definition) is 3. The smallest absolute Gasteiger partial charge is 0.272 e. The lowest BCUT2D eigenvalue weighted by atomic mass is 10.2. The monoisotopic (exact) mass is 432 g/mol. The second-order valence-electron chi connectivity index (χ2n) is 5.81. The lowest BCUT2D eigenvalue weighted by molar-refractivity contribution is 0.0955. The first-order chi connectivity index (χ1) is 13.5. The van der Waals surface area contributed by atoms with Crippen LogP contribution in [0.15, 0.2) is 71.8 Å². The summed E-state index contributed by atoms with van der Waals surface area (Å²) in [6.07, 6.45) is 1.52. The van der Waals surface area contributed by atoms with Gasteiger partial charge in [-0.1, -0.05) is 59.1 Å². The van der Waals surface area contributed by atoms with Gasteiger partial charge in [0.1, 0.15) is 12.4 Å². The second-order valence-corrected chi connectivity index (χ2v) is 7.09. The Labute approximate surface area is 177 Å². The quantitative estimate of drug-likeness (QED) is 0.383. The Balaban J connectivity index is 1.59. The molecule has 0 aliphatic heterocycles. The molecular weight excluding hydrogens is 419 g/mol. The standard InChI is InChI=1S/C21H15Cl3N2O2/c22-16-6-4-14(5-7-16)13-28-18-3-1-2-15(10-18)12-25-26-21(27)19-9-8-17(23)11-20(19)24/h1-12H,13H2,(H,26,27). The van der Waals surface area contributed by atoms with Crippen LogP contribution in [0.3, 0.4) is 0 Å². The number of benzene rings is 3. The molecule has 4 nitrogen and oxygen atoms in total. The molecule has 0 unspecified atom stereocenters. The fourth-order valence-electron chi connectivity index (χ4n) is 2.33. The summed E-state index contributed by atoms with van der Waals surface area (Å²) in [5.74, 6) is 0.263. The number of carbonyl (C=O) groups excluding carboxylic acids is 1. The van der Waals surface area contributed by atoms with E-state index in [1.54, 1.807) is 12.1 Å². The van der Waals surface area contributed by atoms with Gasteiger partial charge in [-0.3, -0.25) is 4.79 Å². The van der Waals surface area contributed by atoms with Gasteiger partial charge in [-0.15, -0.1) is 0 Å². The van der Waals surface area contributed by atoms with Crippen LogP contribution in [0, 0.1) is 0 Å². The molecule has 142 valence electrons. The summed E-state index contributed by atoms with van der Waals surface area (Å²) in [6.45, 7) is 0.420. The van der Waals surface area contributed by atoms with Crippen LogP contribution in [0.5, 0.6) is 5.75 Å². The molecule has 7 heteroatoms. The lowest BCUT2D eigenvalue weighted by Crippen LogP contribution is -2.18. The highest BCUT2D eigenvalue weighted by Gasteiger charge is 2.09. The van der Waals surface area contributed by atoms with Crippen molar-refractivity contribution in [2.24, 2.45) is 5.10 Å². The third-order valence-electron chi connectivity index (χ3n) is 3.73. The van der Waals surface area contributed by atoms with Crippen LogP contribution in [0.4, 0.5) is 0 Å². The van der Waals surface area contributed by atoms with Crippen molar-refractivity contribution in [3.8, 4) is 5.75 Å². The summed E-state index contributed by atoms with van der Waals surface area (Å²) in [5, 5.41) is 5.37. The summed E-state index contributed by atoms with van der Waals surface area (Å²) in [6, 6.07) is 19.4. The largest absolute Gasteiger partial charge is 0.489 e. The van der Waals surface area contributed by atoms with Gasteiger partial charge in [0.05, 0.1) is 16.8 Å². The van der Waals surface area contributed by atoms with Gasteiger partial charge in [0.15, 0.2) is 0 Å². The highest BCUT2D eigenvalue weighted by molar-refractivity contribution is 6.36. The SMILES string of the molecule is O=C(NN=Cc1cccc(OCc2ccc(Cl)cc2)c1)c1ccc(Cl)cc1Cl. The van der Waals surface area contributed by atoms with Gasteiger partial charge in [-0.05, 0) is 53.6 Å². The van der Waals surface area contributed by atoms with Gasteiger partial charge in [-0.25, -0.2) is 5.43 Å². The molecule has 0 bridgehead atoms. The van der Waals surface area contributed by atoms with Gasteiger partial charge in [0, 0.05) is 10.0 Å². The molecule has 1 N–H and O–H groups in total. The van der Waals surface area contributed by atoms with Gasteiger partial charge in [0.25, 0.3) is 5.91 Å². The number of rotatable bonds is 6. The molecule has 3 aromatic carbocycles. The molecule has 0 aromatic heterocycles. The van der Waals surface area contributed by atoms with Crippen LogP contribution in [0.1, 0.15) is 21.5 Å². The summed E-state index contributed by atoms with van der Waals surface area (Å²) in [7, 11) is 0. The molecule has 28 heavy (non-hydrogen) atoms. The van der Waals surface area contributed by atoms with Crippen LogP contribution < -0.4 is 10.2 Å². The van der Waals surface area contributed by atoms with Gasteiger partial charge in [-0.2, -0.15) is 5.10 Å². The van der Waals surface area contributed by atoms with Crippen molar-refractivity contribution in [1.29, 1.82) is 0 Å². The molecule has 0 radical (unpaired) electrons. The third-order valence-corrected chi connectivity index (χ3v) is 4.53. The first kappa shape index (κ1) is 20.2. The molecule has 0 saturated carbocycles.